The maximum Gasteiger partial charge on any atom is 0.253 e. The maximum atomic E-state index is 12.1. The van der Waals surface area contributed by atoms with E-state index in [9.17, 15) is 9.59 Å². The molecule has 4 N–H and O–H groups in total. The van der Waals surface area contributed by atoms with Crippen molar-refractivity contribution < 1.29 is 9.59 Å². The Morgan fingerprint density at radius 1 is 1.25 bits per heavy atom. The van der Waals surface area contributed by atoms with Gasteiger partial charge >= 0.3 is 0 Å². The lowest BCUT2D eigenvalue weighted by Gasteiger charge is -2.17. The molecule has 5 nitrogen and oxygen atoms in total. The number of carbonyl (C=O) groups is 2. The first-order chi connectivity index (χ1) is 9.49. The third-order valence-corrected chi connectivity index (χ3v) is 3.36. The molecule has 0 aliphatic heterocycles. The van der Waals surface area contributed by atoms with Gasteiger partial charge in [0.25, 0.3) is 5.91 Å². The van der Waals surface area contributed by atoms with Crippen molar-refractivity contribution in [3.63, 3.8) is 0 Å². The average Bonchev–Trinajstić information content (AvgIpc) is 3.22. The summed E-state index contributed by atoms with van der Waals surface area (Å²) in [5.41, 5.74) is 6.79. The maximum absolute atomic E-state index is 12.1. The van der Waals surface area contributed by atoms with E-state index in [1.165, 1.54) is 0 Å². The van der Waals surface area contributed by atoms with E-state index in [2.05, 4.69) is 10.6 Å². The Labute approximate surface area is 118 Å². The van der Waals surface area contributed by atoms with Crippen LogP contribution in [0.3, 0.4) is 0 Å². The highest BCUT2D eigenvalue weighted by molar-refractivity contribution is 6.05. The molecule has 0 spiro atoms. The van der Waals surface area contributed by atoms with Gasteiger partial charge in [-0.05, 0) is 30.9 Å². The van der Waals surface area contributed by atoms with Crippen LogP contribution < -0.4 is 16.4 Å². The number of hydrogen-bond donors (Lipinski definition) is 3. The van der Waals surface area contributed by atoms with Gasteiger partial charge in [-0.25, -0.2) is 0 Å². The fourth-order valence-electron chi connectivity index (χ4n) is 1.80. The molecule has 0 bridgehead atoms. The Bertz CT molecular complexity index is 510. The van der Waals surface area contributed by atoms with Gasteiger partial charge in [0.05, 0.1) is 17.3 Å². The third kappa shape index (κ3) is 3.57. The topological polar surface area (TPSA) is 84.2 Å². The van der Waals surface area contributed by atoms with E-state index < -0.39 is 6.04 Å². The second kappa shape index (κ2) is 6.05. The highest BCUT2D eigenvalue weighted by Crippen LogP contribution is 2.21. The van der Waals surface area contributed by atoms with Crippen molar-refractivity contribution >= 4 is 17.5 Å². The Morgan fingerprint density at radius 2 is 1.90 bits per heavy atom. The summed E-state index contributed by atoms with van der Waals surface area (Å²) < 4.78 is 0. The van der Waals surface area contributed by atoms with E-state index in [-0.39, 0.29) is 23.8 Å². The van der Waals surface area contributed by atoms with Gasteiger partial charge in [-0.3, -0.25) is 9.59 Å². The van der Waals surface area contributed by atoms with E-state index >= 15 is 0 Å². The largest absolute Gasteiger partial charge is 0.349 e. The van der Waals surface area contributed by atoms with Crippen molar-refractivity contribution in [1.82, 2.24) is 5.32 Å². The fraction of sp³-hybridized carbons (Fsp3) is 0.467. The lowest BCUT2D eigenvalue weighted by atomic mass is 10.0. The molecule has 1 atom stereocenters. The molecule has 0 radical (unpaired) electrons. The van der Waals surface area contributed by atoms with E-state index in [0.29, 0.717) is 11.3 Å². The molecule has 1 aromatic carbocycles. The van der Waals surface area contributed by atoms with Crippen LogP contribution in [0.5, 0.6) is 0 Å². The molecule has 20 heavy (non-hydrogen) atoms. The average molecular weight is 275 g/mol. The molecule has 0 aromatic heterocycles. The first kappa shape index (κ1) is 14.5. The molecule has 1 aliphatic rings. The van der Waals surface area contributed by atoms with Crippen LogP contribution in [0.1, 0.15) is 37.0 Å². The number of para-hydroxylation sites is 1. The van der Waals surface area contributed by atoms with Crippen LogP contribution in [0.25, 0.3) is 0 Å². The van der Waals surface area contributed by atoms with Crippen LogP contribution in [-0.4, -0.2) is 23.9 Å². The molecule has 108 valence electrons. The van der Waals surface area contributed by atoms with Crippen LogP contribution in [0, 0.1) is 5.92 Å². The highest BCUT2D eigenvalue weighted by Gasteiger charge is 2.25. The molecule has 0 unspecified atom stereocenters. The smallest absolute Gasteiger partial charge is 0.253 e. The normalized spacial score (nSPS) is 15.8. The van der Waals surface area contributed by atoms with Crippen molar-refractivity contribution in [1.29, 1.82) is 0 Å². The second-order valence-electron chi connectivity index (χ2n) is 5.55. The van der Waals surface area contributed by atoms with Crippen LogP contribution in [0.15, 0.2) is 24.3 Å². The highest BCUT2D eigenvalue weighted by atomic mass is 16.2. The van der Waals surface area contributed by atoms with Gasteiger partial charge in [-0.1, -0.05) is 26.0 Å². The molecule has 1 fully saturated rings. The number of nitrogens with one attached hydrogen (secondary N) is 2. The van der Waals surface area contributed by atoms with E-state index in [0.717, 1.165) is 12.8 Å². The van der Waals surface area contributed by atoms with Crippen molar-refractivity contribution in [2.45, 2.75) is 38.8 Å². The molecule has 2 amide bonds. The predicted molar refractivity (Wildman–Crippen MR) is 78.4 cm³/mol. The van der Waals surface area contributed by atoms with E-state index in [1.54, 1.807) is 24.3 Å². The number of nitrogens with two attached hydrogens (primary N) is 1. The van der Waals surface area contributed by atoms with Crippen LogP contribution in [0.2, 0.25) is 0 Å². The molecule has 1 aromatic rings. The summed E-state index contributed by atoms with van der Waals surface area (Å²) >= 11 is 0. The Balaban J connectivity index is 2.10. The first-order valence-electron chi connectivity index (χ1n) is 6.95. The van der Waals surface area contributed by atoms with Crippen LogP contribution >= 0.6 is 0 Å². The van der Waals surface area contributed by atoms with Crippen LogP contribution in [0.4, 0.5) is 5.69 Å². The third-order valence-electron chi connectivity index (χ3n) is 3.36. The number of benzene rings is 1. The SMILES string of the molecule is CC(C)[C@@H](N)C(=O)Nc1ccccc1C(=O)NC1CC1. The number of amides is 2. The fourth-order valence-corrected chi connectivity index (χ4v) is 1.80. The van der Waals surface area contributed by atoms with Crippen LogP contribution in [-0.2, 0) is 4.79 Å². The first-order valence-corrected chi connectivity index (χ1v) is 6.95. The summed E-state index contributed by atoms with van der Waals surface area (Å²) in [7, 11) is 0. The molecular weight excluding hydrogens is 254 g/mol. The van der Waals surface area contributed by atoms with Crippen molar-refractivity contribution in [3.05, 3.63) is 29.8 Å². The summed E-state index contributed by atoms with van der Waals surface area (Å²) in [6.45, 7) is 3.77. The molecular formula is C15H21N3O2. The number of rotatable bonds is 5. The number of hydrogen-bond acceptors (Lipinski definition) is 3. The van der Waals surface area contributed by atoms with Gasteiger partial charge in [-0.2, -0.15) is 0 Å². The molecule has 0 heterocycles. The number of anilines is 1. The standard InChI is InChI=1S/C15H21N3O2/c1-9(2)13(16)15(20)18-12-6-4-3-5-11(12)14(19)17-10-7-8-10/h3-6,9-10,13H,7-8,16H2,1-2H3,(H,17,19)(H,18,20)/t13-/m1/s1. The van der Waals surface area contributed by atoms with Gasteiger partial charge < -0.3 is 16.4 Å². The van der Waals surface area contributed by atoms with Gasteiger partial charge in [0.15, 0.2) is 0 Å². The lowest BCUT2D eigenvalue weighted by Crippen LogP contribution is -2.40. The molecule has 5 heteroatoms. The van der Waals surface area contributed by atoms with Crippen molar-refractivity contribution in [2.24, 2.45) is 11.7 Å². The van der Waals surface area contributed by atoms with Gasteiger partial charge in [0, 0.05) is 6.04 Å². The minimum absolute atomic E-state index is 0.0439. The van der Waals surface area contributed by atoms with Crippen molar-refractivity contribution in [2.75, 3.05) is 5.32 Å². The number of carbonyl (C=O) groups excluding carboxylic acids is 2. The summed E-state index contributed by atoms with van der Waals surface area (Å²) in [5, 5.41) is 5.66. The second-order valence-corrected chi connectivity index (χ2v) is 5.55. The minimum Gasteiger partial charge on any atom is -0.349 e. The monoisotopic (exact) mass is 275 g/mol. The lowest BCUT2D eigenvalue weighted by molar-refractivity contribution is -0.118. The van der Waals surface area contributed by atoms with Gasteiger partial charge in [0.1, 0.15) is 0 Å². The molecule has 2 rings (SSSR count). The predicted octanol–water partition coefficient (Wildman–Crippen LogP) is 1.50. The molecule has 1 saturated carbocycles. The molecule has 1 aliphatic carbocycles. The van der Waals surface area contributed by atoms with E-state index in [4.69, 9.17) is 5.73 Å². The summed E-state index contributed by atoms with van der Waals surface area (Å²) in [5.74, 6) is -0.379. The zero-order valence-electron chi connectivity index (χ0n) is 11.8. The summed E-state index contributed by atoms with van der Waals surface area (Å²) in [6, 6.07) is 6.67. The Hall–Kier alpha value is -1.88. The minimum atomic E-state index is -0.588. The van der Waals surface area contributed by atoms with Gasteiger partial charge in [0.2, 0.25) is 5.91 Å². The van der Waals surface area contributed by atoms with Gasteiger partial charge in [-0.15, -0.1) is 0 Å². The summed E-state index contributed by atoms with van der Waals surface area (Å²) in [6.07, 6.45) is 2.05. The summed E-state index contributed by atoms with van der Waals surface area (Å²) in [4.78, 5) is 24.1. The Kier molecular flexibility index (Phi) is 4.39. The van der Waals surface area contributed by atoms with E-state index in [1.807, 2.05) is 13.8 Å². The molecule has 0 saturated heterocycles. The Morgan fingerprint density at radius 3 is 2.50 bits per heavy atom. The zero-order valence-corrected chi connectivity index (χ0v) is 11.8. The zero-order chi connectivity index (χ0) is 14.7. The quantitative estimate of drug-likeness (QED) is 0.761. The van der Waals surface area contributed by atoms with Crippen molar-refractivity contribution in [3.8, 4) is 0 Å².